The molecular formula is C8H4ClNO2S2. The number of nitrogens with zero attached hydrogens (tertiary/aromatic N) is 1. The Morgan fingerprint density at radius 1 is 1.50 bits per heavy atom. The largest absolute Gasteiger partial charge is 0.301 e. The van der Waals surface area contributed by atoms with E-state index < -0.39 is 4.92 Å². The summed E-state index contributed by atoms with van der Waals surface area (Å²) < 4.78 is 1.20. The van der Waals surface area contributed by atoms with E-state index in [0.717, 1.165) is 4.70 Å². The molecule has 0 saturated heterocycles. The molecule has 0 aliphatic rings. The molecule has 1 aromatic heterocycles. The lowest BCUT2D eigenvalue weighted by atomic mass is 10.2. The normalized spacial score (nSPS) is 10.7. The molecule has 6 heteroatoms. The van der Waals surface area contributed by atoms with Gasteiger partial charge in [0.15, 0.2) is 0 Å². The van der Waals surface area contributed by atoms with Crippen LogP contribution >= 0.6 is 35.6 Å². The number of thiophene rings is 1. The lowest BCUT2D eigenvalue weighted by Gasteiger charge is -1.90. The van der Waals surface area contributed by atoms with Crippen molar-refractivity contribution in [2.45, 2.75) is 4.21 Å². The van der Waals surface area contributed by atoms with E-state index in [1.807, 2.05) is 0 Å². The number of rotatable bonds is 1. The second kappa shape index (κ2) is 3.42. The lowest BCUT2D eigenvalue weighted by molar-refractivity contribution is -0.385. The quantitative estimate of drug-likeness (QED) is 0.472. The van der Waals surface area contributed by atoms with Crippen LogP contribution in [0.5, 0.6) is 0 Å². The van der Waals surface area contributed by atoms with Gasteiger partial charge in [-0.25, -0.2) is 0 Å². The monoisotopic (exact) mass is 245 g/mol. The van der Waals surface area contributed by atoms with Crippen LogP contribution in [0.15, 0.2) is 22.4 Å². The van der Waals surface area contributed by atoms with Gasteiger partial charge < -0.3 is 0 Å². The molecule has 3 nitrogen and oxygen atoms in total. The van der Waals surface area contributed by atoms with Crippen LogP contribution in [-0.4, -0.2) is 4.92 Å². The van der Waals surface area contributed by atoms with Gasteiger partial charge in [-0.05, 0) is 18.2 Å². The van der Waals surface area contributed by atoms with E-state index >= 15 is 0 Å². The van der Waals surface area contributed by atoms with Crippen molar-refractivity contribution >= 4 is 51.3 Å². The maximum absolute atomic E-state index is 10.7. The molecule has 0 fully saturated rings. The Kier molecular flexibility index (Phi) is 2.38. The third kappa shape index (κ3) is 1.47. The zero-order chi connectivity index (χ0) is 10.3. The van der Waals surface area contributed by atoms with Gasteiger partial charge in [0.25, 0.3) is 0 Å². The average Bonchev–Trinajstić information content (AvgIpc) is 2.39. The summed E-state index contributed by atoms with van der Waals surface area (Å²) in [7, 11) is 0. The van der Waals surface area contributed by atoms with E-state index in [9.17, 15) is 10.1 Å². The summed E-state index contributed by atoms with van der Waals surface area (Å²) in [6, 6.07) is 4.98. The van der Waals surface area contributed by atoms with E-state index in [4.69, 9.17) is 11.6 Å². The van der Waals surface area contributed by atoms with Crippen LogP contribution in [-0.2, 0) is 0 Å². The summed E-state index contributed by atoms with van der Waals surface area (Å²) in [5, 5.41) is 11.9. The number of fused-ring (bicyclic) bond motifs is 1. The minimum absolute atomic E-state index is 0.0602. The molecule has 0 spiro atoms. The Morgan fingerprint density at radius 3 is 2.86 bits per heavy atom. The molecule has 0 atom stereocenters. The molecule has 2 aromatic rings. The molecule has 0 aliphatic carbocycles. The number of nitro groups is 1. The van der Waals surface area contributed by atoms with Crippen molar-refractivity contribution in [1.82, 2.24) is 0 Å². The van der Waals surface area contributed by atoms with Gasteiger partial charge in [0.2, 0.25) is 0 Å². The molecule has 1 aromatic carbocycles. The van der Waals surface area contributed by atoms with Crippen LogP contribution in [0.25, 0.3) is 10.1 Å². The zero-order valence-corrected chi connectivity index (χ0v) is 9.20. The van der Waals surface area contributed by atoms with Gasteiger partial charge in [-0.15, -0.1) is 24.0 Å². The van der Waals surface area contributed by atoms with E-state index in [-0.39, 0.29) is 5.69 Å². The van der Waals surface area contributed by atoms with Crippen molar-refractivity contribution in [1.29, 1.82) is 0 Å². The topological polar surface area (TPSA) is 43.1 Å². The first-order valence-corrected chi connectivity index (χ1v) is 5.29. The third-order valence-corrected chi connectivity index (χ3v) is 3.46. The fraction of sp³-hybridized carbons (Fsp3) is 0. The summed E-state index contributed by atoms with van der Waals surface area (Å²) in [4.78, 5) is 10.3. The van der Waals surface area contributed by atoms with Gasteiger partial charge in [0.05, 0.1) is 10.3 Å². The Morgan fingerprint density at radius 2 is 2.21 bits per heavy atom. The zero-order valence-electron chi connectivity index (χ0n) is 6.73. The van der Waals surface area contributed by atoms with Crippen molar-refractivity contribution in [3.8, 4) is 0 Å². The van der Waals surface area contributed by atoms with Crippen LogP contribution in [0.3, 0.4) is 0 Å². The van der Waals surface area contributed by atoms with E-state index in [0.29, 0.717) is 14.6 Å². The molecule has 0 saturated carbocycles. The van der Waals surface area contributed by atoms with Crippen LogP contribution in [0.4, 0.5) is 5.69 Å². The number of halogens is 1. The Bertz CT molecular complexity index is 523. The number of hydrogen-bond acceptors (Lipinski definition) is 4. The van der Waals surface area contributed by atoms with Gasteiger partial charge >= 0.3 is 5.69 Å². The lowest BCUT2D eigenvalue weighted by Crippen LogP contribution is -1.86. The molecule has 2 rings (SSSR count). The molecule has 0 aliphatic heterocycles. The van der Waals surface area contributed by atoms with Crippen LogP contribution < -0.4 is 0 Å². The molecule has 14 heavy (non-hydrogen) atoms. The molecule has 0 amide bonds. The summed E-state index contributed by atoms with van der Waals surface area (Å²) in [5.74, 6) is 0. The first-order chi connectivity index (χ1) is 6.59. The summed E-state index contributed by atoms with van der Waals surface area (Å²) >= 11 is 11.1. The molecule has 0 radical (unpaired) electrons. The van der Waals surface area contributed by atoms with Crippen LogP contribution in [0, 0.1) is 10.1 Å². The standard InChI is InChI=1S/C8H4ClNO2S2/c9-4-1-2-5-6(3-4)14-8(13)7(5)10(11)12/h1-3,13H. The molecule has 0 N–H and O–H groups in total. The predicted molar refractivity (Wildman–Crippen MR) is 60.7 cm³/mol. The van der Waals surface area contributed by atoms with Gasteiger partial charge in [-0.3, -0.25) is 10.1 Å². The molecule has 0 bridgehead atoms. The molecule has 0 unspecified atom stereocenters. The van der Waals surface area contributed by atoms with Crippen molar-refractivity contribution in [3.63, 3.8) is 0 Å². The van der Waals surface area contributed by atoms with Gasteiger partial charge in [0.1, 0.15) is 4.21 Å². The van der Waals surface area contributed by atoms with Gasteiger partial charge in [-0.1, -0.05) is 11.6 Å². The average molecular weight is 246 g/mol. The number of benzene rings is 1. The van der Waals surface area contributed by atoms with Crippen molar-refractivity contribution in [2.75, 3.05) is 0 Å². The number of hydrogen-bond donors (Lipinski definition) is 1. The van der Waals surface area contributed by atoms with Crippen molar-refractivity contribution in [2.24, 2.45) is 0 Å². The minimum Gasteiger partial charge on any atom is -0.258 e. The highest BCUT2D eigenvalue weighted by Crippen LogP contribution is 2.40. The molecule has 72 valence electrons. The van der Waals surface area contributed by atoms with Crippen molar-refractivity contribution < 1.29 is 4.92 Å². The fourth-order valence-electron chi connectivity index (χ4n) is 1.22. The first kappa shape index (κ1) is 9.76. The maximum atomic E-state index is 10.7. The van der Waals surface area contributed by atoms with Crippen LogP contribution in [0.1, 0.15) is 0 Å². The number of thiol groups is 1. The van der Waals surface area contributed by atoms with Gasteiger partial charge in [-0.2, -0.15) is 0 Å². The SMILES string of the molecule is O=[N+]([O-])c1c(S)sc2cc(Cl)ccc12. The highest BCUT2D eigenvalue weighted by molar-refractivity contribution is 7.83. The van der Waals surface area contributed by atoms with Crippen molar-refractivity contribution in [3.05, 3.63) is 33.3 Å². The third-order valence-electron chi connectivity index (χ3n) is 1.79. The second-order valence-electron chi connectivity index (χ2n) is 2.65. The Balaban J connectivity index is 2.84. The summed E-state index contributed by atoms with van der Waals surface area (Å²) in [6.45, 7) is 0. The maximum Gasteiger partial charge on any atom is 0.301 e. The van der Waals surface area contributed by atoms with Gasteiger partial charge in [0, 0.05) is 9.72 Å². The fourth-order valence-corrected chi connectivity index (χ4v) is 2.90. The highest BCUT2D eigenvalue weighted by Gasteiger charge is 2.19. The summed E-state index contributed by atoms with van der Waals surface area (Å²) in [6.07, 6.45) is 0. The molecular weight excluding hydrogens is 242 g/mol. The van der Waals surface area contributed by atoms with E-state index in [1.165, 1.54) is 11.3 Å². The highest BCUT2D eigenvalue weighted by atomic mass is 35.5. The van der Waals surface area contributed by atoms with Crippen LogP contribution in [0.2, 0.25) is 5.02 Å². The second-order valence-corrected chi connectivity index (χ2v) is 4.89. The Labute approximate surface area is 93.9 Å². The predicted octanol–water partition coefficient (Wildman–Crippen LogP) is 3.75. The molecule has 1 heterocycles. The Hall–Kier alpha value is -0.780. The summed E-state index contributed by atoms with van der Waals surface area (Å²) in [5.41, 5.74) is 0.0602. The van der Waals surface area contributed by atoms with E-state index in [1.54, 1.807) is 18.2 Å². The first-order valence-electron chi connectivity index (χ1n) is 3.65. The van der Waals surface area contributed by atoms with E-state index in [2.05, 4.69) is 12.6 Å². The smallest absolute Gasteiger partial charge is 0.258 e. The minimum atomic E-state index is -0.422.